The summed E-state index contributed by atoms with van der Waals surface area (Å²) in [7, 11) is 0. The van der Waals surface area contributed by atoms with Gasteiger partial charge in [-0.05, 0) is 49.6 Å². The maximum atomic E-state index is 15.0. The van der Waals surface area contributed by atoms with Crippen molar-refractivity contribution in [2.45, 2.75) is 19.8 Å². The van der Waals surface area contributed by atoms with Gasteiger partial charge >= 0.3 is 6.01 Å². The zero-order valence-corrected chi connectivity index (χ0v) is 20.4. The summed E-state index contributed by atoms with van der Waals surface area (Å²) < 4.78 is 20.5. The molecule has 37 heavy (non-hydrogen) atoms. The number of hydrogen-bond donors (Lipinski definition) is 1. The SMILES string of the molecule is C=CC(=O)N1CC2(CCCN(C(=O)c3ncnc(N)c3-c3ccc(Oc4nccc(C)n4)c(F)c3)C2)C1. The van der Waals surface area contributed by atoms with Crippen molar-refractivity contribution in [3.05, 3.63) is 66.6 Å². The van der Waals surface area contributed by atoms with Crippen LogP contribution >= 0.6 is 0 Å². The lowest BCUT2D eigenvalue weighted by molar-refractivity contribution is -0.141. The Kier molecular flexibility index (Phi) is 6.28. The van der Waals surface area contributed by atoms with E-state index in [9.17, 15) is 9.59 Å². The minimum Gasteiger partial charge on any atom is -0.421 e. The molecule has 2 aliphatic heterocycles. The Labute approximate surface area is 213 Å². The second kappa shape index (κ2) is 9.57. The number of aryl methyl sites for hydroxylation is 1. The summed E-state index contributed by atoms with van der Waals surface area (Å²) in [6.07, 6.45) is 5.78. The van der Waals surface area contributed by atoms with Gasteiger partial charge in [0.25, 0.3) is 5.91 Å². The van der Waals surface area contributed by atoms with Gasteiger partial charge in [0.15, 0.2) is 11.6 Å². The van der Waals surface area contributed by atoms with Crippen molar-refractivity contribution in [2.75, 3.05) is 31.9 Å². The molecular formula is C26H26FN7O3. The Hall–Kier alpha value is -4.41. The Morgan fingerprint density at radius 2 is 1.95 bits per heavy atom. The number of nitrogens with zero attached hydrogens (tertiary/aromatic N) is 6. The molecule has 0 saturated carbocycles. The fourth-order valence-corrected chi connectivity index (χ4v) is 5.00. The molecule has 3 aromatic rings. The highest BCUT2D eigenvalue weighted by molar-refractivity contribution is 6.01. The molecule has 0 aliphatic carbocycles. The molecule has 5 rings (SSSR count). The van der Waals surface area contributed by atoms with Gasteiger partial charge in [-0.1, -0.05) is 12.6 Å². The van der Waals surface area contributed by atoms with Crippen molar-refractivity contribution in [1.82, 2.24) is 29.7 Å². The third-order valence-corrected chi connectivity index (χ3v) is 6.76. The zero-order chi connectivity index (χ0) is 26.2. The summed E-state index contributed by atoms with van der Waals surface area (Å²) in [5.41, 5.74) is 7.38. The number of carbonyl (C=O) groups is 2. The molecule has 0 atom stereocenters. The lowest BCUT2D eigenvalue weighted by Crippen LogP contribution is -2.64. The van der Waals surface area contributed by atoms with Crippen molar-refractivity contribution in [3.8, 4) is 22.9 Å². The first-order valence-corrected chi connectivity index (χ1v) is 11.9. The van der Waals surface area contributed by atoms with Gasteiger partial charge in [-0.3, -0.25) is 9.59 Å². The number of anilines is 1. The molecule has 1 aromatic carbocycles. The van der Waals surface area contributed by atoms with Gasteiger partial charge in [0, 0.05) is 43.5 Å². The Morgan fingerprint density at radius 3 is 2.68 bits per heavy atom. The monoisotopic (exact) mass is 503 g/mol. The van der Waals surface area contributed by atoms with E-state index in [1.54, 1.807) is 28.9 Å². The lowest BCUT2D eigenvalue weighted by Gasteiger charge is -2.54. The molecule has 0 radical (unpaired) electrons. The Bertz CT molecular complexity index is 1390. The van der Waals surface area contributed by atoms with Crippen LogP contribution in [0.3, 0.4) is 0 Å². The van der Waals surface area contributed by atoms with Gasteiger partial charge in [0.2, 0.25) is 5.91 Å². The average molecular weight is 504 g/mol. The minimum atomic E-state index is -0.678. The Balaban J connectivity index is 1.39. The molecule has 1 spiro atoms. The number of piperidine rings is 1. The number of nitrogen functional groups attached to an aromatic ring is 1. The van der Waals surface area contributed by atoms with Crippen LogP contribution in [0.4, 0.5) is 10.2 Å². The van der Waals surface area contributed by atoms with Gasteiger partial charge in [-0.2, -0.15) is 0 Å². The number of nitrogens with two attached hydrogens (primary N) is 1. The van der Waals surface area contributed by atoms with E-state index in [1.165, 1.54) is 30.7 Å². The van der Waals surface area contributed by atoms with Crippen LogP contribution in [-0.2, 0) is 4.79 Å². The highest BCUT2D eigenvalue weighted by Crippen LogP contribution is 2.40. The number of benzene rings is 1. The smallest absolute Gasteiger partial charge is 0.322 e. The maximum absolute atomic E-state index is 15.0. The van der Waals surface area contributed by atoms with Crippen LogP contribution in [0.1, 0.15) is 29.0 Å². The van der Waals surface area contributed by atoms with E-state index in [2.05, 4.69) is 26.5 Å². The molecule has 4 heterocycles. The van der Waals surface area contributed by atoms with E-state index in [0.717, 1.165) is 12.8 Å². The van der Waals surface area contributed by atoms with Gasteiger partial charge in [-0.15, -0.1) is 0 Å². The van der Waals surface area contributed by atoms with E-state index >= 15 is 4.39 Å². The molecule has 2 saturated heterocycles. The van der Waals surface area contributed by atoms with Crippen molar-refractivity contribution >= 4 is 17.6 Å². The number of aromatic nitrogens is 4. The van der Waals surface area contributed by atoms with Crippen LogP contribution in [0.25, 0.3) is 11.1 Å². The van der Waals surface area contributed by atoms with Crippen molar-refractivity contribution in [2.24, 2.45) is 5.41 Å². The first kappa shape index (κ1) is 24.3. The summed E-state index contributed by atoms with van der Waals surface area (Å²) >= 11 is 0. The first-order valence-electron chi connectivity index (χ1n) is 11.9. The van der Waals surface area contributed by atoms with Gasteiger partial charge in [-0.25, -0.2) is 24.3 Å². The van der Waals surface area contributed by atoms with Crippen molar-refractivity contribution in [1.29, 1.82) is 0 Å². The summed E-state index contributed by atoms with van der Waals surface area (Å²) in [5, 5.41) is 0. The predicted molar refractivity (Wildman–Crippen MR) is 133 cm³/mol. The topological polar surface area (TPSA) is 127 Å². The third-order valence-electron chi connectivity index (χ3n) is 6.76. The quantitative estimate of drug-likeness (QED) is 0.527. The number of carbonyl (C=O) groups excluding carboxylic acids is 2. The number of hydrogen-bond acceptors (Lipinski definition) is 8. The fraction of sp³-hybridized carbons (Fsp3) is 0.308. The summed E-state index contributed by atoms with van der Waals surface area (Å²) in [6, 6.07) is 5.96. The van der Waals surface area contributed by atoms with Crippen LogP contribution in [0.2, 0.25) is 0 Å². The van der Waals surface area contributed by atoms with Gasteiger partial charge < -0.3 is 20.3 Å². The van der Waals surface area contributed by atoms with Crippen molar-refractivity contribution in [3.63, 3.8) is 0 Å². The number of likely N-dealkylation sites (tertiary alicyclic amines) is 2. The summed E-state index contributed by atoms with van der Waals surface area (Å²) in [4.78, 5) is 45.4. The highest BCUT2D eigenvalue weighted by atomic mass is 19.1. The summed E-state index contributed by atoms with van der Waals surface area (Å²) in [5.74, 6) is -1.11. The number of amides is 2. The van der Waals surface area contributed by atoms with Crippen LogP contribution in [0.5, 0.6) is 11.8 Å². The van der Waals surface area contributed by atoms with E-state index in [0.29, 0.717) is 37.4 Å². The maximum Gasteiger partial charge on any atom is 0.322 e. The van der Waals surface area contributed by atoms with Crippen LogP contribution in [0.15, 0.2) is 49.4 Å². The molecule has 11 heteroatoms. The second-order valence-corrected chi connectivity index (χ2v) is 9.44. The van der Waals surface area contributed by atoms with Gasteiger partial charge in [0.1, 0.15) is 17.8 Å². The summed E-state index contributed by atoms with van der Waals surface area (Å²) in [6.45, 7) is 7.52. The molecule has 0 unspecified atom stereocenters. The van der Waals surface area contributed by atoms with Gasteiger partial charge in [0.05, 0.1) is 5.56 Å². The molecule has 2 fully saturated rings. The third kappa shape index (κ3) is 4.72. The predicted octanol–water partition coefficient (Wildman–Crippen LogP) is 3.01. The molecule has 2 N–H and O–H groups in total. The average Bonchev–Trinajstić information content (AvgIpc) is 2.87. The molecule has 0 bridgehead atoms. The largest absolute Gasteiger partial charge is 0.421 e. The van der Waals surface area contributed by atoms with E-state index in [1.807, 2.05) is 0 Å². The van der Waals surface area contributed by atoms with Crippen LogP contribution < -0.4 is 10.5 Å². The zero-order valence-electron chi connectivity index (χ0n) is 20.4. The number of halogens is 1. The number of ether oxygens (including phenoxy) is 1. The van der Waals surface area contributed by atoms with E-state index in [-0.39, 0.29) is 46.1 Å². The normalized spacial score (nSPS) is 16.3. The molecule has 2 aromatic heterocycles. The first-order chi connectivity index (χ1) is 17.8. The molecular weight excluding hydrogens is 477 g/mol. The molecule has 2 aliphatic rings. The van der Waals surface area contributed by atoms with Crippen molar-refractivity contribution < 1.29 is 18.7 Å². The number of rotatable bonds is 5. The molecule has 190 valence electrons. The van der Waals surface area contributed by atoms with E-state index in [4.69, 9.17) is 10.5 Å². The standard InChI is InChI=1S/C26H26FN7O3/c1-3-20(35)34-13-26(14-34)8-4-10-33(12-26)24(36)22-21(23(28)31-15-30-22)17-5-6-19(18(27)11-17)37-25-29-9-7-16(2)32-25/h3,5-7,9,11,15H,1,4,8,10,12-14H2,2H3,(H2,28,30,31). The fourth-order valence-electron chi connectivity index (χ4n) is 5.00. The van der Waals surface area contributed by atoms with Crippen LogP contribution in [-0.4, -0.2) is 67.7 Å². The molecule has 10 nitrogen and oxygen atoms in total. The lowest BCUT2D eigenvalue weighted by atomic mass is 9.73. The molecule has 2 amide bonds. The highest BCUT2D eigenvalue weighted by Gasteiger charge is 2.48. The van der Waals surface area contributed by atoms with E-state index < -0.39 is 5.82 Å². The van der Waals surface area contributed by atoms with Crippen LogP contribution in [0, 0.1) is 18.2 Å². The second-order valence-electron chi connectivity index (χ2n) is 9.44. The minimum absolute atomic E-state index is 0.0217. The Morgan fingerprint density at radius 1 is 1.16 bits per heavy atom.